The van der Waals surface area contributed by atoms with Crippen LogP contribution in [0.5, 0.6) is 0 Å². The monoisotopic (exact) mass is 230 g/mol. The van der Waals surface area contributed by atoms with E-state index < -0.39 is 16.6 Å². The lowest BCUT2D eigenvalue weighted by atomic mass is 10.5. The summed E-state index contributed by atoms with van der Waals surface area (Å²) in [5.41, 5.74) is 4.04. The van der Waals surface area contributed by atoms with Crippen LogP contribution in [0.4, 0.5) is 0 Å². The highest BCUT2D eigenvalue weighted by atomic mass is 29.2. The summed E-state index contributed by atoms with van der Waals surface area (Å²) in [6.07, 6.45) is 0. The molecule has 0 unspecified atom stereocenters. The molecule has 0 aromatic rings. The third-order valence-electron chi connectivity index (χ3n) is 3.52. The molecule has 0 nitrogen and oxygen atoms in total. The van der Waals surface area contributed by atoms with E-state index in [2.05, 4.69) is 55.4 Å². The van der Waals surface area contributed by atoms with Crippen LogP contribution in [0.15, 0.2) is 0 Å². The molecule has 0 atom stereocenters. The van der Waals surface area contributed by atoms with Gasteiger partial charge in [0.25, 0.3) is 0 Å². The summed E-state index contributed by atoms with van der Waals surface area (Å²) < 4.78 is 0. The molecular weight excluding hydrogens is 200 g/mol. The van der Waals surface area contributed by atoms with Crippen LogP contribution in [0.1, 0.15) is 55.4 Å². The summed E-state index contributed by atoms with van der Waals surface area (Å²) in [6, 6.07) is 0. The minimum atomic E-state index is -0.472. The second-order valence-corrected chi connectivity index (χ2v) is 18.4. The quantitative estimate of drug-likeness (QED) is 0.622. The molecule has 0 aromatic carbocycles. The summed E-state index contributed by atoms with van der Waals surface area (Å²) in [5, 5.41) is 0. The van der Waals surface area contributed by atoms with Crippen molar-refractivity contribution in [2.75, 3.05) is 0 Å². The second-order valence-electron chi connectivity index (χ2n) is 6.13. The molecule has 0 saturated heterocycles. The third kappa shape index (κ3) is 3.89. The fraction of sp³-hybridized carbons (Fsp3) is 1.00. The van der Waals surface area contributed by atoms with E-state index in [4.69, 9.17) is 0 Å². The first kappa shape index (κ1) is 14.4. The second kappa shape index (κ2) is 6.11. The third-order valence-corrected chi connectivity index (χ3v) is 22.5. The normalized spacial score (nSPS) is 13.3. The summed E-state index contributed by atoms with van der Waals surface area (Å²) in [4.78, 5) is 0. The van der Waals surface area contributed by atoms with Crippen LogP contribution in [0.3, 0.4) is 0 Å². The minimum absolute atomic E-state index is 0.472. The predicted octanol–water partition coefficient (Wildman–Crippen LogP) is 4.16. The predicted molar refractivity (Wildman–Crippen MR) is 74.7 cm³/mol. The van der Waals surface area contributed by atoms with Crippen LogP contribution in [-0.2, 0) is 0 Å². The average Bonchev–Trinajstić information content (AvgIpc) is 1.96. The maximum atomic E-state index is 2.47. The number of rotatable bonds is 5. The van der Waals surface area contributed by atoms with Gasteiger partial charge in [-0.2, -0.15) is 0 Å². The molecule has 0 aromatic heterocycles. The zero-order chi connectivity index (χ0) is 11.5. The Morgan fingerprint density at radius 2 is 0.571 bits per heavy atom. The SMILES string of the molecule is CC(C)[SiH](C(C)C)[SiH](C(C)C)C(C)C. The van der Waals surface area contributed by atoms with Gasteiger partial charge in [-0.15, -0.1) is 0 Å². The van der Waals surface area contributed by atoms with Gasteiger partial charge >= 0.3 is 0 Å². The van der Waals surface area contributed by atoms with E-state index in [-0.39, 0.29) is 0 Å². The van der Waals surface area contributed by atoms with Crippen molar-refractivity contribution in [3.8, 4) is 0 Å². The Hall–Kier alpha value is 0.434. The smallest absolute Gasteiger partial charge is 0.0335 e. The van der Waals surface area contributed by atoms with E-state index in [9.17, 15) is 0 Å². The molecule has 0 aliphatic carbocycles. The Bertz CT molecular complexity index is 116. The van der Waals surface area contributed by atoms with Gasteiger partial charge in [0.15, 0.2) is 0 Å². The van der Waals surface area contributed by atoms with Crippen molar-refractivity contribution in [2.45, 2.75) is 77.6 Å². The molecule has 0 radical (unpaired) electrons. The van der Waals surface area contributed by atoms with Gasteiger partial charge in [0.2, 0.25) is 0 Å². The number of hydrogen-bond acceptors (Lipinski definition) is 0. The zero-order valence-corrected chi connectivity index (χ0v) is 13.8. The molecule has 0 N–H and O–H groups in total. The van der Waals surface area contributed by atoms with Crippen molar-refractivity contribution in [3.05, 3.63) is 0 Å². The zero-order valence-electron chi connectivity index (χ0n) is 11.5. The van der Waals surface area contributed by atoms with Crippen molar-refractivity contribution >= 4 is 16.6 Å². The van der Waals surface area contributed by atoms with Gasteiger partial charge in [-0.1, -0.05) is 77.6 Å². The Morgan fingerprint density at radius 3 is 0.643 bits per heavy atom. The highest BCUT2D eigenvalue weighted by molar-refractivity contribution is 7.24. The van der Waals surface area contributed by atoms with Crippen LogP contribution in [0.25, 0.3) is 0 Å². The molecule has 14 heavy (non-hydrogen) atoms. The average molecular weight is 231 g/mol. The topological polar surface area (TPSA) is 0 Å². The van der Waals surface area contributed by atoms with Crippen molar-refractivity contribution in [1.29, 1.82) is 0 Å². The largest absolute Gasteiger partial charge is 0.0656 e. The Morgan fingerprint density at radius 1 is 0.429 bits per heavy atom. The number of hydrogen-bond donors (Lipinski definition) is 0. The Balaban J connectivity index is 4.74. The molecule has 0 aliphatic heterocycles. The van der Waals surface area contributed by atoms with Crippen LogP contribution in [0, 0.1) is 0 Å². The van der Waals surface area contributed by atoms with Gasteiger partial charge in [-0.3, -0.25) is 0 Å². The highest BCUT2D eigenvalue weighted by Gasteiger charge is 2.33. The molecule has 2 heteroatoms. The van der Waals surface area contributed by atoms with Crippen molar-refractivity contribution < 1.29 is 0 Å². The van der Waals surface area contributed by atoms with E-state index in [1.54, 1.807) is 0 Å². The van der Waals surface area contributed by atoms with E-state index in [0.717, 1.165) is 22.2 Å². The summed E-state index contributed by atoms with van der Waals surface area (Å²) in [6.45, 7) is 19.8. The fourth-order valence-electron chi connectivity index (χ4n) is 3.32. The molecule has 0 bridgehead atoms. The highest BCUT2D eigenvalue weighted by Crippen LogP contribution is 2.32. The summed E-state index contributed by atoms with van der Waals surface area (Å²) >= 11 is 0. The van der Waals surface area contributed by atoms with Gasteiger partial charge in [0.1, 0.15) is 0 Å². The van der Waals surface area contributed by atoms with Crippen LogP contribution in [0.2, 0.25) is 22.2 Å². The molecule has 0 aliphatic rings. The Labute approximate surface area is 94.5 Å². The van der Waals surface area contributed by atoms with Gasteiger partial charge in [-0.25, -0.2) is 0 Å². The molecule has 86 valence electrons. The molecule has 0 spiro atoms. The Kier molecular flexibility index (Phi) is 6.30. The standard InChI is InChI=1S/C12H30Si2/c1-9(2)13(10(3)4)14(11(5)6)12(7)8/h9-14H,1-8H3. The molecule has 0 saturated carbocycles. The lowest BCUT2D eigenvalue weighted by Crippen LogP contribution is -2.44. The van der Waals surface area contributed by atoms with E-state index >= 15 is 0 Å². The van der Waals surface area contributed by atoms with Crippen LogP contribution >= 0.6 is 0 Å². The molecule has 0 amide bonds. The van der Waals surface area contributed by atoms with Crippen molar-refractivity contribution in [1.82, 2.24) is 0 Å². The maximum Gasteiger partial charge on any atom is 0.0335 e. The minimum Gasteiger partial charge on any atom is -0.0656 e. The molecule has 0 heterocycles. The van der Waals surface area contributed by atoms with Crippen molar-refractivity contribution in [2.24, 2.45) is 0 Å². The maximum absolute atomic E-state index is 2.47. The van der Waals surface area contributed by atoms with Gasteiger partial charge < -0.3 is 0 Å². The fourth-order valence-corrected chi connectivity index (χ4v) is 20.6. The van der Waals surface area contributed by atoms with E-state index in [1.165, 1.54) is 0 Å². The molecule has 0 fully saturated rings. The first-order valence-corrected chi connectivity index (χ1v) is 11.6. The lowest BCUT2D eigenvalue weighted by molar-refractivity contribution is 0.915. The molecule has 0 rings (SSSR count). The van der Waals surface area contributed by atoms with Crippen molar-refractivity contribution in [3.63, 3.8) is 0 Å². The lowest BCUT2D eigenvalue weighted by Gasteiger charge is -2.36. The van der Waals surface area contributed by atoms with E-state index in [0.29, 0.717) is 0 Å². The van der Waals surface area contributed by atoms with Crippen LogP contribution in [-0.4, -0.2) is 16.6 Å². The molecular formula is C12H30Si2. The summed E-state index contributed by atoms with van der Waals surface area (Å²) in [5.74, 6) is 0. The van der Waals surface area contributed by atoms with Gasteiger partial charge in [-0.05, 0) is 0 Å². The summed E-state index contributed by atoms with van der Waals surface area (Å²) in [7, 11) is -0.944. The first-order valence-electron chi connectivity index (χ1n) is 6.29. The first-order chi connectivity index (χ1) is 6.29. The van der Waals surface area contributed by atoms with Gasteiger partial charge in [0, 0.05) is 16.6 Å². The van der Waals surface area contributed by atoms with E-state index in [1.807, 2.05) is 0 Å². The van der Waals surface area contributed by atoms with Crippen LogP contribution < -0.4 is 0 Å². The van der Waals surface area contributed by atoms with Gasteiger partial charge in [0.05, 0.1) is 0 Å².